The van der Waals surface area contributed by atoms with E-state index in [9.17, 15) is 23.5 Å². The molecular formula is C20H21F2NO5. The first-order valence-electron chi connectivity index (χ1n) is 8.64. The van der Waals surface area contributed by atoms with Gasteiger partial charge < -0.3 is 19.9 Å². The second kappa shape index (κ2) is 9.68. The molecule has 1 atom stereocenters. The Labute approximate surface area is 161 Å². The molecule has 2 rings (SSSR count). The van der Waals surface area contributed by atoms with Crippen LogP contribution < -0.4 is 14.8 Å². The number of carbonyl (C=O) groups excluding carboxylic acids is 1. The summed E-state index contributed by atoms with van der Waals surface area (Å²) in [4.78, 5) is 23.6. The van der Waals surface area contributed by atoms with Crippen LogP contribution in [0.1, 0.15) is 41.7 Å². The van der Waals surface area contributed by atoms with E-state index >= 15 is 0 Å². The fourth-order valence-electron chi connectivity index (χ4n) is 2.57. The number of carboxylic acid groups (broad SMARTS) is 1. The lowest BCUT2D eigenvalue weighted by atomic mass is 10.0. The van der Waals surface area contributed by atoms with Gasteiger partial charge in [-0.3, -0.25) is 9.59 Å². The smallest absolute Gasteiger partial charge is 0.305 e. The number of methoxy groups -OCH3 is 1. The van der Waals surface area contributed by atoms with Crippen LogP contribution in [-0.4, -0.2) is 30.7 Å². The molecule has 150 valence electrons. The van der Waals surface area contributed by atoms with Crippen LogP contribution in [-0.2, 0) is 4.79 Å². The molecule has 0 aliphatic rings. The van der Waals surface area contributed by atoms with Crippen molar-refractivity contribution < 1.29 is 33.0 Å². The minimum atomic E-state index is -1.16. The Kier molecular flexibility index (Phi) is 7.31. The van der Waals surface area contributed by atoms with E-state index in [0.717, 1.165) is 18.6 Å². The zero-order valence-corrected chi connectivity index (χ0v) is 15.5. The second-order valence-corrected chi connectivity index (χ2v) is 6.01. The summed E-state index contributed by atoms with van der Waals surface area (Å²) in [6.45, 7) is 2.43. The first kappa shape index (κ1) is 21.1. The fourth-order valence-corrected chi connectivity index (χ4v) is 2.57. The number of hydrogen-bond acceptors (Lipinski definition) is 4. The van der Waals surface area contributed by atoms with Gasteiger partial charge in [-0.1, -0.05) is 13.0 Å². The van der Waals surface area contributed by atoms with Gasteiger partial charge in [0.25, 0.3) is 5.91 Å². The minimum Gasteiger partial charge on any atom is -0.493 e. The van der Waals surface area contributed by atoms with Crippen LogP contribution in [0.15, 0.2) is 36.4 Å². The average Bonchev–Trinajstić information content (AvgIpc) is 2.65. The van der Waals surface area contributed by atoms with Crippen LogP contribution in [0.5, 0.6) is 11.5 Å². The van der Waals surface area contributed by atoms with Gasteiger partial charge in [-0.15, -0.1) is 0 Å². The first-order chi connectivity index (χ1) is 13.3. The van der Waals surface area contributed by atoms with Crippen molar-refractivity contribution in [2.45, 2.75) is 25.8 Å². The van der Waals surface area contributed by atoms with Gasteiger partial charge >= 0.3 is 5.97 Å². The van der Waals surface area contributed by atoms with Gasteiger partial charge in [0, 0.05) is 6.07 Å². The molecule has 0 radical (unpaired) electrons. The lowest BCUT2D eigenvalue weighted by Crippen LogP contribution is -2.31. The van der Waals surface area contributed by atoms with Gasteiger partial charge in [-0.2, -0.15) is 0 Å². The molecule has 2 aromatic carbocycles. The number of nitrogens with one attached hydrogen (secondary N) is 1. The maximum absolute atomic E-state index is 13.9. The summed E-state index contributed by atoms with van der Waals surface area (Å²) >= 11 is 0. The van der Waals surface area contributed by atoms with Crippen molar-refractivity contribution in [3.63, 3.8) is 0 Å². The summed E-state index contributed by atoms with van der Waals surface area (Å²) < 4.78 is 37.7. The van der Waals surface area contributed by atoms with Gasteiger partial charge in [-0.05, 0) is 36.2 Å². The Balaban J connectivity index is 2.30. The third-order valence-electron chi connectivity index (χ3n) is 3.91. The Morgan fingerprint density at radius 2 is 1.89 bits per heavy atom. The van der Waals surface area contributed by atoms with Gasteiger partial charge in [0.15, 0.2) is 11.5 Å². The molecule has 0 aromatic heterocycles. The minimum absolute atomic E-state index is 0.378. The molecular weight excluding hydrogens is 372 g/mol. The molecule has 0 aliphatic heterocycles. The highest BCUT2D eigenvalue weighted by Crippen LogP contribution is 2.31. The van der Waals surface area contributed by atoms with E-state index in [0.29, 0.717) is 29.7 Å². The average molecular weight is 393 g/mol. The summed E-state index contributed by atoms with van der Waals surface area (Å²) in [5, 5.41) is 11.7. The monoisotopic (exact) mass is 393 g/mol. The van der Waals surface area contributed by atoms with Crippen LogP contribution in [0.2, 0.25) is 0 Å². The second-order valence-electron chi connectivity index (χ2n) is 6.01. The first-order valence-corrected chi connectivity index (χ1v) is 8.64. The zero-order valence-electron chi connectivity index (χ0n) is 15.5. The van der Waals surface area contributed by atoms with Crippen molar-refractivity contribution in [3.8, 4) is 11.5 Å². The number of ether oxygens (including phenoxy) is 2. The summed E-state index contributed by atoms with van der Waals surface area (Å²) in [5.41, 5.74) is 0.0608. The highest BCUT2D eigenvalue weighted by atomic mass is 19.1. The summed E-state index contributed by atoms with van der Waals surface area (Å²) in [5.74, 6) is -3.00. The van der Waals surface area contributed by atoms with Crippen LogP contribution in [0.4, 0.5) is 8.78 Å². The zero-order chi connectivity index (χ0) is 20.7. The maximum atomic E-state index is 13.9. The fraction of sp³-hybridized carbons (Fsp3) is 0.300. The summed E-state index contributed by atoms with van der Waals surface area (Å²) in [6, 6.07) is 6.35. The maximum Gasteiger partial charge on any atom is 0.305 e. The van der Waals surface area contributed by atoms with Crippen LogP contribution >= 0.6 is 0 Å². The van der Waals surface area contributed by atoms with Crippen LogP contribution in [0.25, 0.3) is 0 Å². The molecule has 2 aromatic rings. The number of carboxylic acids is 1. The molecule has 8 heteroatoms. The van der Waals surface area contributed by atoms with Crippen molar-refractivity contribution in [2.75, 3.05) is 13.7 Å². The molecule has 1 unspecified atom stereocenters. The highest BCUT2D eigenvalue weighted by molar-refractivity contribution is 5.95. The van der Waals surface area contributed by atoms with Gasteiger partial charge in [0.2, 0.25) is 0 Å². The third kappa shape index (κ3) is 5.42. The SMILES string of the molecule is CCCOc1ccc(C(CC(=O)O)NC(=O)c2ccc(F)cc2F)cc1OC. The van der Waals surface area contributed by atoms with Crippen LogP contribution in [0, 0.1) is 11.6 Å². The van der Waals surface area contributed by atoms with E-state index in [1.54, 1.807) is 18.2 Å². The molecule has 28 heavy (non-hydrogen) atoms. The quantitative estimate of drug-likeness (QED) is 0.679. The molecule has 0 fully saturated rings. The lowest BCUT2D eigenvalue weighted by molar-refractivity contribution is -0.137. The molecule has 0 heterocycles. The number of hydrogen-bond donors (Lipinski definition) is 2. The van der Waals surface area contributed by atoms with Crippen molar-refractivity contribution in [1.82, 2.24) is 5.32 Å². The number of halogens is 2. The Bertz CT molecular complexity index is 856. The van der Waals surface area contributed by atoms with E-state index in [1.165, 1.54) is 7.11 Å². The van der Waals surface area contributed by atoms with E-state index in [1.807, 2.05) is 6.92 Å². The van der Waals surface area contributed by atoms with Crippen molar-refractivity contribution in [3.05, 3.63) is 59.2 Å². The summed E-state index contributed by atoms with van der Waals surface area (Å²) in [6.07, 6.45) is 0.360. The Morgan fingerprint density at radius 1 is 1.14 bits per heavy atom. The number of benzene rings is 2. The third-order valence-corrected chi connectivity index (χ3v) is 3.91. The number of carbonyl (C=O) groups is 2. The van der Waals surface area contributed by atoms with E-state index in [4.69, 9.17) is 9.47 Å². The molecule has 6 nitrogen and oxygen atoms in total. The molecule has 1 amide bonds. The summed E-state index contributed by atoms with van der Waals surface area (Å²) in [7, 11) is 1.44. The number of aliphatic carboxylic acids is 1. The van der Waals surface area contributed by atoms with E-state index in [-0.39, 0.29) is 5.56 Å². The molecule has 0 spiro atoms. The van der Waals surface area contributed by atoms with Crippen molar-refractivity contribution in [1.29, 1.82) is 0 Å². The number of amides is 1. The highest BCUT2D eigenvalue weighted by Gasteiger charge is 2.22. The van der Waals surface area contributed by atoms with E-state index < -0.39 is 36.0 Å². The predicted octanol–water partition coefficient (Wildman–Crippen LogP) is 3.71. The molecule has 0 saturated carbocycles. The van der Waals surface area contributed by atoms with Gasteiger partial charge in [0.05, 0.1) is 31.7 Å². The van der Waals surface area contributed by atoms with Crippen LogP contribution in [0.3, 0.4) is 0 Å². The van der Waals surface area contributed by atoms with E-state index in [2.05, 4.69) is 5.32 Å². The largest absolute Gasteiger partial charge is 0.493 e. The van der Waals surface area contributed by atoms with Gasteiger partial charge in [0.1, 0.15) is 11.6 Å². The predicted molar refractivity (Wildman–Crippen MR) is 97.6 cm³/mol. The Morgan fingerprint density at radius 3 is 2.50 bits per heavy atom. The molecule has 0 aliphatic carbocycles. The molecule has 0 bridgehead atoms. The van der Waals surface area contributed by atoms with Crippen molar-refractivity contribution >= 4 is 11.9 Å². The number of rotatable bonds is 9. The van der Waals surface area contributed by atoms with Gasteiger partial charge in [-0.25, -0.2) is 8.78 Å². The van der Waals surface area contributed by atoms with Crippen molar-refractivity contribution in [2.24, 2.45) is 0 Å². The lowest BCUT2D eigenvalue weighted by Gasteiger charge is -2.19. The Hall–Kier alpha value is -3.16. The molecule has 2 N–H and O–H groups in total. The normalized spacial score (nSPS) is 11.6. The molecule has 0 saturated heterocycles. The standard InChI is InChI=1S/C20H21F2NO5/c1-3-8-28-17-7-4-12(9-18(17)27-2)16(11-19(24)25)23-20(26)14-6-5-13(21)10-15(14)22/h4-7,9-10,16H,3,8,11H2,1-2H3,(H,23,26)(H,24,25). The topological polar surface area (TPSA) is 84.9 Å².